The lowest BCUT2D eigenvalue weighted by molar-refractivity contribution is -0.126. The molecule has 0 bridgehead atoms. The van der Waals surface area contributed by atoms with Gasteiger partial charge in [0.1, 0.15) is 5.75 Å². The molecule has 0 saturated carbocycles. The Hall–Kier alpha value is -2.04. The minimum absolute atomic E-state index is 0.465. The molecule has 0 spiro atoms. The number of amides is 3. The van der Waals surface area contributed by atoms with Crippen LogP contribution in [0.4, 0.5) is 4.79 Å². The summed E-state index contributed by atoms with van der Waals surface area (Å²) in [4.78, 5) is 22.9. The van der Waals surface area contributed by atoms with E-state index >= 15 is 0 Å². The van der Waals surface area contributed by atoms with Crippen molar-refractivity contribution in [2.45, 2.75) is 33.3 Å². The first-order chi connectivity index (χ1) is 9.06. The van der Waals surface area contributed by atoms with Gasteiger partial charge in [-0.3, -0.25) is 10.1 Å². The van der Waals surface area contributed by atoms with E-state index < -0.39 is 18.0 Å². The van der Waals surface area contributed by atoms with Crippen molar-refractivity contribution in [1.29, 1.82) is 0 Å². The van der Waals surface area contributed by atoms with Gasteiger partial charge in [-0.15, -0.1) is 0 Å². The van der Waals surface area contributed by atoms with Crippen LogP contribution >= 0.6 is 0 Å². The molecule has 0 aliphatic carbocycles. The van der Waals surface area contributed by atoms with E-state index in [0.29, 0.717) is 12.3 Å². The van der Waals surface area contributed by atoms with Gasteiger partial charge < -0.3 is 10.1 Å². The van der Waals surface area contributed by atoms with Crippen molar-refractivity contribution in [2.24, 2.45) is 0 Å². The molecule has 0 fully saturated rings. The van der Waals surface area contributed by atoms with Crippen LogP contribution in [0.2, 0.25) is 0 Å². The van der Waals surface area contributed by atoms with Gasteiger partial charge in [0.05, 0.1) is 0 Å². The summed E-state index contributed by atoms with van der Waals surface area (Å²) in [5.41, 5.74) is 1.13. The van der Waals surface area contributed by atoms with Crippen LogP contribution in [0.1, 0.15) is 26.3 Å². The fraction of sp³-hybridized carbons (Fsp3) is 0.429. The molecule has 3 amide bonds. The summed E-state index contributed by atoms with van der Waals surface area (Å²) in [7, 11) is 0. The third-order valence-corrected chi connectivity index (χ3v) is 2.56. The van der Waals surface area contributed by atoms with Crippen LogP contribution in [-0.2, 0) is 11.2 Å². The molecule has 1 aromatic rings. The van der Waals surface area contributed by atoms with Gasteiger partial charge >= 0.3 is 6.03 Å². The number of carbonyl (C=O) groups excluding carboxylic acids is 2. The quantitative estimate of drug-likeness (QED) is 0.853. The number of imide groups is 1. The average molecular weight is 264 g/mol. The summed E-state index contributed by atoms with van der Waals surface area (Å²) in [6.45, 7) is 5.89. The van der Waals surface area contributed by atoms with E-state index in [1.54, 1.807) is 19.9 Å². The largest absolute Gasteiger partial charge is 0.481 e. The molecule has 0 aliphatic rings. The Balaban J connectivity index is 2.55. The van der Waals surface area contributed by atoms with Gasteiger partial charge in [0.2, 0.25) is 0 Å². The molecule has 1 rings (SSSR count). The second-order valence-corrected chi connectivity index (χ2v) is 4.11. The monoisotopic (exact) mass is 264 g/mol. The lowest BCUT2D eigenvalue weighted by Crippen LogP contribution is -2.45. The zero-order chi connectivity index (χ0) is 14.3. The van der Waals surface area contributed by atoms with Crippen molar-refractivity contribution in [3.8, 4) is 5.75 Å². The number of rotatable bonds is 5. The molecule has 2 N–H and O–H groups in total. The molecular formula is C14H20N2O3. The average Bonchev–Trinajstić information content (AvgIpc) is 2.39. The molecule has 5 heteroatoms. The minimum Gasteiger partial charge on any atom is -0.481 e. The van der Waals surface area contributed by atoms with Gasteiger partial charge in [-0.25, -0.2) is 4.79 Å². The molecule has 19 heavy (non-hydrogen) atoms. The summed E-state index contributed by atoms with van der Waals surface area (Å²) in [5.74, 6) is 0.158. The van der Waals surface area contributed by atoms with E-state index in [1.807, 2.05) is 25.1 Å². The van der Waals surface area contributed by atoms with Crippen molar-refractivity contribution in [2.75, 3.05) is 6.54 Å². The Morgan fingerprint density at radius 2 is 2.05 bits per heavy atom. The van der Waals surface area contributed by atoms with Gasteiger partial charge in [-0.05, 0) is 38.0 Å². The van der Waals surface area contributed by atoms with E-state index in [1.165, 1.54) is 0 Å². The Bertz CT molecular complexity index is 446. The zero-order valence-electron chi connectivity index (χ0n) is 11.5. The Kier molecular flexibility index (Phi) is 5.85. The van der Waals surface area contributed by atoms with Crippen molar-refractivity contribution >= 4 is 11.9 Å². The lowest BCUT2D eigenvalue weighted by atomic mass is 10.2. The highest BCUT2D eigenvalue weighted by Crippen LogP contribution is 2.15. The lowest BCUT2D eigenvalue weighted by Gasteiger charge is -2.14. The number of benzene rings is 1. The third kappa shape index (κ3) is 4.99. The van der Waals surface area contributed by atoms with E-state index in [2.05, 4.69) is 10.6 Å². The molecular weight excluding hydrogens is 244 g/mol. The Morgan fingerprint density at radius 1 is 1.32 bits per heavy atom. The number of hydrogen-bond acceptors (Lipinski definition) is 3. The zero-order valence-corrected chi connectivity index (χ0v) is 11.5. The maximum atomic E-state index is 11.7. The molecule has 5 nitrogen and oxygen atoms in total. The van der Waals surface area contributed by atoms with Crippen LogP contribution in [0.15, 0.2) is 24.3 Å². The van der Waals surface area contributed by atoms with Crippen LogP contribution in [0.25, 0.3) is 0 Å². The standard InChI is InChI=1S/C14H20N2O3/c1-4-11-7-6-8-12(9-11)19-10(3)13(17)16-14(18)15-5-2/h6-10H,4-5H2,1-3H3,(H2,15,16,17,18)/t10-/m0/s1. The molecule has 0 aromatic heterocycles. The van der Waals surface area contributed by atoms with Gasteiger partial charge in [-0.1, -0.05) is 19.1 Å². The van der Waals surface area contributed by atoms with Gasteiger partial charge in [0.15, 0.2) is 6.10 Å². The van der Waals surface area contributed by atoms with Crippen LogP contribution in [-0.4, -0.2) is 24.6 Å². The number of urea groups is 1. The van der Waals surface area contributed by atoms with Gasteiger partial charge in [0, 0.05) is 6.54 Å². The third-order valence-electron chi connectivity index (χ3n) is 2.56. The van der Waals surface area contributed by atoms with Gasteiger partial charge in [0.25, 0.3) is 5.91 Å². The van der Waals surface area contributed by atoms with Crippen LogP contribution < -0.4 is 15.4 Å². The molecule has 1 atom stereocenters. The second-order valence-electron chi connectivity index (χ2n) is 4.11. The first-order valence-corrected chi connectivity index (χ1v) is 6.41. The topological polar surface area (TPSA) is 67.4 Å². The van der Waals surface area contributed by atoms with E-state index in [9.17, 15) is 9.59 Å². The van der Waals surface area contributed by atoms with Crippen molar-refractivity contribution in [1.82, 2.24) is 10.6 Å². The molecule has 0 saturated heterocycles. The van der Waals surface area contributed by atoms with Crippen LogP contribution in [0.5, 0.6) is 5.75 Å². The van der Waals surface area contributed by atoms with Crippen LogP contribution in [0.3, 0.4) is 0 Å². The fourth-order valence-electron chi connectivity index (χ4n) is 1.51. The first-order valence-electron chi connectivity index (χ1n) is 6.41. The summed E-state index contributed by atoms with van der Waals surface area (Å²) >= 11 is 0. The predicted molar refractivity (Wildman–Crippen MR) is 73.1 cm³/mol. The number of carbonyl (C=O) groups is 2. The van der Waals surface area contributed by atoms with Gasteiger partial charge in [-0.2, -0.15) is 0 Å². The molecule has 0 unspecified atom stereocenters. The van der Waals surface area contributed by atoms with Crippen molar-refractivity contribution < 1.29 is 14.3 Å². The van der Waals surface area contributed by atoms with E-state index in [4.69, 9.17) is 4.74 Å². The molecule has 0 aliphatic heterocycles. The predicted octanol–water partition coefficient (Wildman–Crippen LogP) is 1.86. The summed E-state index contributed by atoms with van der Waals surface area (Å²) < 4.78 is 5.51. The molecule has 1 aromatic carbocycles. The summed E-state index contributed by atoms with van der Waals surface area (Å²) in [5, 5.41) is 4.70. The normalized spacial score (nSPS) is 11.5. The van der Waals surface area contributed by atoms with Crippen LogP contribution in [0, 0.1) is 0 Å². The number of ether oxygens (including phenoxy) is 1. The minimum atomic E-state index is -0.727. The highest BCUT2D eigenvalue weighted by Gasteiger charge is 2.17. The number of aryl methyl sites for hydroxylation is 1. The Labute approximate surface area is 113 Å². The smallest absolute Gasteiger partial charge is 0.321 e. The number of nitrogens with one attached hydrogen (secondary N) is 2. The maximum Gasteiger partial charge on any atom is 0.321 e. The van der Waals surface area contributed by atoms with E-state index in [-0.39, 0.29) is 0 Å². The molecule has 0 radical (unpaired) electrons. The number of hydrogen-bond donors (Lipinski definition) is 2. The first kappa shape index (κ1) is 15.0. The van der Waals surface area contributed by atoms with Crippen molar-refractivity contribution in [3.63, 3.8) is 0 Å². The summed E-state index contributed by atoms with van der Waals surface area (Å²) in [6, 6.07) is 7.03. The van der Waals surface area contributed by atoms with E-state index in [0.717, 1.165) is 12.0 Å². The fourth-order valence-corrected chi connectivity index (χ4v) is 1.51. The highest BCUT2D eigenvalue weighted by molar-refractivity contribution is 5.96. The highest BCUT2D eigenvalue weighted by atomic mass is 16.5. The SMILES string of the molecule is CCNC(=O)NC(=O)[C@H](C)Oc1cccc(CC)c1. The molecule has 0 heterocycles. The van der Waals surface area contributed by atoms with Crippen molar-refractivity contribution in [3.05, 3.63) is 29.8 Å². The molecule has 104 valence electrons. The summed E-state index contributed by atoms with van der Waals surface area (Å²) in [6.07, 6.45) is 0.172. The maximum absolute atomic E-state index is 11.7. The second kappa shape index (κ2) is 7.41. The Morgan fingerprint density at radius 3 is 2.68 bits per heavy atom.